The van der Waals surface area contributed by atoms with Crippen LogP contribution in [0, 0.1) is 0 Å². The van der Waals surface area contributed by atoms with Gasteiger partial charge in [0.15, 0.2) is 5.75 Å². The molecule has 0 unspecified atom stereocenters. The molecule has 0 aliphatic rings. The Morgan fingerprint density at radius 1 is 1.08 bits per heavy atom. The van der Waals surface area contributed by atoms with Crippen molar-refractivity contribution in [2.75, 3.05) is 17.2 Å². The summed E-state index contributed by atoms with van der Waals surface area (Å²) in [7, 11) is 0. The molecular formula is C27H26N6O4S. The summed E-state index contributed by atoms with van der Waals surface area (Å²) in [6, 6.07) is 14.5. The van der Waals surface area contributed by atoms with Crippen LogP contribution < -0.4 is 10.6 Å². The average Bonchev–Trinajstić information content (AvgIpc) is 3.51. The molecule has 0 saturated heterocycles. The fraction of sp³-hybridized carbons (Fsp3) is 0.222. The lowest BCUT2D eigenvalue weighted by molar-refractivity contribution is -0.156. The number of fused-ring (bicyclic) bond motifs is 2. The lowest BCUT2D eigenvalue weighted by Gasteiger charge is -2.24. The first-order valence-electron chi connectivity index (χ1n) is 11.9. The Morgan fingerprint density at radius 2 is 1.87 bits per heavy atom. The number of rotatable bonds is 7. The van der Waals surface area contributed by atoms with Crippen molar-refractivity contribution in [2.24, 2.45) is 0 Å². The second kappa shape index (κ2) is 10.1. The number of para-hydroxylation sites is 1. The monoisotopic (exact) mass is 530 g/mol. The number of hydrogen-bond donors (Lipinski definition) is 4. The molecule has 0 fully saturated rings. The first-order valence-corrected chi connectivity index (χ1v) is 12.8. The molecule has 1 amide bonds. The van der Waals surface area contributed by atoms with E-state index in [-0.39, 0.29) is 29.0 Å². The van der Waals surface area contributed by atoms with Gasteiger partial charge < -0.3 is 20.1 Å². The number of aromatic amines is 1. The van der Waals surface area contributed by atoms with Crippen LogP contribution in [0.5, 0.6) is 5.75 Å². The third kappa shape index (κ3) is 5.28. The van der Waals surface area contributed by atoms with Crippen LogP contribution in [0.4, 0.5) is 10.3 Å². The van der Waals surface area contributed by atoms with Crippen molar-refractivity contribution in [3.63, 3.8) is 0 Å². The summed E-state index contributed by atoms with van der Waals surface area (Å²) in [4.78, 5) is 33.3. The van der Waals surface area contributed by atoms with Crippen molar-refractivity contribution in [1.82, 2.24) is 20.2 Å². The molecule has 0 aliphatic carbocycles. The number of phenolic OH excluding ortho intramolecular Hbond substituents is 1. The van der Waals surface area contributed by atoms with Gasteiger partial charge in [0.1, 0.15) is 17.0 Å². The van der Waals surface area contributed by atoms with Gasteiger partial charge in [-0.2, -0.15) is 0 Å². The van der Waals surface area contributed by atoms with E-state index < -0.39 is 17.4 Å². The summed E-state index contributed by atoms with van der Waals surface area (Å²) in [6.07, 6.45) is 3.37. The Hall–Kier alpha value is -4.51. The van der Waals surface area contributed by atoms with Gasteiger partial charge in [-0.15, -0.1) is 10.2 Å². The molecule has 3 heterocycles. The minimum absolute atomic E-state index is 0.0743. The molecule has 5 rings (SSSR count). The molecule has 2 aromatic carbocycles. The summed E-state index contributed by atoms with van der Waals surface area (Å²) in [5.41, 5.74) is 1.49. The van der Waals surface area contributed by atoms with Gasteiger partial charge in [-0.25, -0.2) is 0 Å². The van der Waals surface area contributed by atoms with Gasteiger partial charge >= 0.3 is 5.97 Å². The van der Waals surface area contributed by atoms with E-state index in [1.807, 2.05) is 51.2 Å². The topological polar surface area (TPSA) is 142 Å². The zero-order valence-corrected chi connectivity index (χ0v) is 21.8. The van der Waals surface area contributed by atoms with E-state index in [2.05, 4.69) is 30.8 Å². The predicted octanol–water partition coefficient (Wildman–Crippen LogP) is 5.06. The lowest BCUT2D eigenvalue weighted by Crippen LogP contribution is -2.30. The van der Waals surface area contributed by atoms with Gasteiger partial charge in [0.05, 0.1) is 5.56 Å². The molecular weight excluding hydrogens is 504 g/mol. The molecule has 3 aromatic heterocycles. The van der Waals surface area contributed by atoms with E-state index in [4.69, 9.17) is 4.74 Å². The van der Waals surface area contributed by atoms with E-state index in [0.29, 0.717) is 10.6 Å². The molecule has 0 radical (unpaired) electrons. The number of benzene rings is 2. The number of nitrogens with zero attached hydrogens (tertiary/aromatic N) is 3. The molecule has 4 N–H and O–H groups in total. The van der Waals surface area contributed by atoms with Crippen molar-refractivity contribution in [3.05, 3.63) is 72.1 Å². The Morgan fingerprint density at radius 3 is 2.68 bits per heavy atom. The number of phenols is 1. The summed E-state index contributed by atoms with van der Waals surface area (Å²) in [6.45, 7) is 5.69. The molecule has 1 atom stereocenters. The molecule has 0 spiro atoms. The van der Waals surface area contributed by atoms with Crippen LogP contribution in [0.2, 0.25) is 0 Å². The number of esters is 1. The SMILES string of the molecule is CC(C)(C)OC(=O)[C@H](CNc1nnc(NC(=O)c2ccc3cccnc3c2O)s1)c1c[nH]c2ccccc12. The molecule has 38 heavy (non-hydrogen) atoms. The zero-order chi connectivity index (χ0) is 26.9. The van der Waals surface area contributed by atoms with E-state index >= 15 is 0 Å². The summed E-state index contributed by atoms with van der Waals surface area (Å²) < 4.78 is 5.70. The van der Waals surface area contributed by atoms with Crippen molar-refractivity contribution < 1.29 is 19.4 Å². The molecule has 194 valence electrons. The van der Waals surface area contributed by atoms with E-state index in [0.717, 1.165) is 33.2 Å². The first kappa shape index (κ1) is 25.2. The number of nitrogens with one attached hydrogen (secondary N) is 3. The highest BCUT2D eigenvalue weighted by atomic mass is 32.1. The fourth-order valence-electron chi connectivity index (χ4n) is 4.09. The lowest BCUT2D eigenvalue weighted by atomic mass is 9.98. The van der Waals surface area contributed by atoms with Gasteiger partial charge in [0, 0.05) is 35.2 Å². The van der Waals surface area contributed by atoms with Gasteiger partial charge in [0.2, 0.25) is 10.3 Å². The Bertz CT molecular complexity index is 1640. The molecule has 5 aromatic rings. The Kier molecular flexibility index (Phi) is 6.68. The van der Waals surface area contributed by atoms with E-state index in [1.165, 1.54) is 6.07 Å². The number of hydrogen-bond acceptors (Lipinski definition) is 9. The standard InChI is InChI=1S/C27H26N6O4S/c1-27(2,3)37-24(36)19(18-13-29-20-9-5-4-8-16(18)20)14-30-25-32-33-26(38-25)31-23(35)17-11-10-15-7-6-12-28-21(15)22(17)34/h4-13,19,29,34H,14H2,1-3H3,(H,30,32)(H,31,33,35)/t19-/m1/s1. The Labute approximate surface area is 222 Å². The predicted molar refractivity (Wildman–Crippen MR) is 147 cm³/mol. The van der Waals surface area contributed by atoms with Crippen molar-refractivity contribution in [2.45, 2.75) is 32.3 Å². The third-order valence-corrected chi connectivity index (χ3v) is 6.58. The number of amides is 1. The second-order valence-electron chi connectivity index (χ2n) is 9.66. The first-order chi connectivity index (χ1) is 18.2. The van der Waals surface area contributed by atoms with Crippen LogP contribution in [0.1, 0.15) is 42.6 Å². The summed E-state index contributed by atoms with van der Waals surface area (Å²) in [5, 5.41) is 26.8. The number of aromatic hydroxyl groups is 1. The maximum absolute atomic E-state index is 13.2. The van der Waals surface area contributed by atoms with Crippen LogP contribution in [0.15, 0.2) is 60.9 Å². The molecule has 11 heteroatoms. The minimum atomic E-state index is -0.647. The van der Waals surface area contributed by atoms with Crippen LogP contribution in [0.3, 0.4) is 0 Å². The summed E-state index contributed by atoms with van der Waals surface area (Å²) in [5.74, 6) is -1.73. The molecule has 0 aliphatic heterocycles. The smallest absolute Gasteiger partial charge is 0.315 e. The number of H-pyrrole nitrogens is 1. The molecule has 0 bridgehead atoms. The summed E-state index contributed by atoms with van der Waals surface area (Å²) >= 11 is 1.11. The van der Waals surface area contributed by atoms with Gasteiger partial charge in [-0.1, -0.05) is 41.7 Å². The number of carbonyl (C=O) groups excluding carboxylic acids is 2. The second-order valence-corrected chi connectivity index (χ2v) is 10.6. The highest BCUT2D eigenvalue weighted by Crippen LogP contribution is 2.31. The maximum atomic E-state index is 13.2. The molecule has 10 nitrogen and oxygen atoms in total. The average molecular weight is 531 g/mol. The number of carbonyl (C=O) groups is 2. The van der Waals surface area contributed by atoms with Crippen molar-refractivity contribution >= 4 is 55.3 Å². The van der Waals surface area contributed by atoms with E-state index in [9.17, 15) is 14.7 Å². The van der Waals surface area contributed by atoms with Crippen molar-refractivity contribution in [1.29, 1.82) is 0 Å². The van der Waals surface area contributed by atoms with Crippen molar-refractivity contribution in [3.8, 4) is 5.75 Å². The minimum Gasteiger partial charge on any atom is -0.505 e. The van der Waals surface area contributed by atoms with Crippen LogP contribution >= 0.6 is 11.3 Å². The van der Waals surface area contributed by atoms with E-state index in [1.54, 1.807) is 24.4 Å². The molecule has 0 saturated carbocycles. The maximum Gasteiger partial charge on any atom is 0.315 e. The number of anilines is 2. The quantitative estimate of drug-likeness (QED) is 0.214. The fourth-order valence-corrected chi connectivity index (χ4v) is 4.73. The normalized spacial score (nSPS) is 12.4. The highest BCUT2D eigenvalue weighted by Gasteiger charge is 2.29. The van der Waals surface area contributed by atoms with Gasteiger partial charge in [-0.3, -0.25) is 19.9 Å². The van der Waals surface area contributed by atoms with Crippen LogP contribution in [0.25, 0.3) is 21.8 Å². The third-order valence-electron chi connectivity index (χ3n) is 5.78. The highest BCUT2D eigenvalue weighted by molar-refractivity contribution is 7.19. The van der Waals surface area contributed by atoms with Gasteiger partial charge in [-0.05, 0) is 44.5 Å². The largest absolute Gasteiger partial charge is 0.505 e. The van der Waals surface area contributed by atoms with Crippen LogP contribution in [-0.4, -0.2) is 49.3 Å². The number of ether oxygens (including phenoxy) is 1. The number of aromatic nitrogens is 4. The Balaban J connectivity index is 1.32. The van der Waals surface area contributed by atoms with Crippen LogP contribution in [-0.2, 0) is 9.53 Å². The zero-order valence-electron chi connectivity index (χ0n) is 21.0. The van der Waals surface area contributed by atoms with Gasteiger partial charge in [0.25, 0.3) is 5.91 Å². The number of pyridine rings is 1.